The minimum absolute atomic E-state index is 0.110. The summed E-state index contributed by atoms with van der Waals surface area (Å²) in [6.45, 7) is 2.72. The van der Waals surface area contributed by atoms with Crippen LogP contribution in [0.3, 0.4) is 0 Å². The highest BCUT2D eigenvalue weighted by atomic mass is 16.4. The topological polar surface area (TPSA) is 58.0 Å². The summed E-state index contributed by atoms with van der Waals surface area (Å²) < 4.78 is 5.73. The molecule has 1 aliphatic carbocycles. The van der Waals surface area contributed by atoms with Gasteiger partial charge in [0.25, 0.3) is 5.91 Å². The highest BCUT2D eigenvalue weighted by Crippen LogP contribution is 2.25. The minimum Gasteiger partial charge on any atom is -0.456 e. The Kier molecular flexibility index (Phi) is 3.89. The Morgan fingerprint density at radius 3 is 3.04 bits per heavy atom. The molecule has 1 aliphatic rings. The van der Waals surface area contributed by atoms with Crippen LogP contribution in [0.4, 0.5) is 0 Å². The van der Waals surface area contributed by atoms with Crippen molar-refractivity contribution in [2.75, 3.05) is 6.54 Å². The second kappa shape index (κ2) is 6.19. The lowest BCUT2D eigenvalue weighted by atomic mass is 9.99. The Hall–Kier alpha value is -2.49. The van der Waals surface area contributed by atoms with Crippen LogP contribution < -0.4 is 5.32 Å². The highest BCUT2D eigenvalue weighted by molar-refractivity contribution is 5.92. The van der Waals surface area contributed by atoms with Crippen LogP contribution in [0.1, 0.15) is 45.8 Å². The average Bonchev–Trinajstić information content (AvgIpc) is 3.19. The summed E-state index contributed by atoms with van der Waals surface area (Å²) in [5, 5.41) is 4.25. The van der Waals surface area contributed by atoms with E-state index in [0.29, 0.717) is 12.3 Å². The van der Waals surface area contributed by atoms with Crippen LogP contribution in [0.15, 0.2) is 34.9 Å². The number of carbonyl (C=O) groups is 1. The van der Waals surface area contributed by atoms with Gasteiger partial charge in [0.05, 0.1) is 0 Å². The van der Waals surface area contributed by atoms with Crippen molar-refractivity contribution in [3.8, 4) is 0 Å². The van der Waals surface area contributed by atoms with Crippen LogP contribution in [0.5, 0.6) is 0 Å². The molecule has 1 amide bonds. The number of fused-ring (bicyclic) bond motifs is 2. The van der Waals surface area contributed by atoms with E-state index in [4.69, 9.17) is 4.42 Å². The molecule has 2 N–H and O–H groups in total. The SMILES string of the molecule is Cc1cccc2[nH]cc(CCNC(=O)c3cc4c(o3)CCCC4)c12. The van der Waals surface area contributed by atoms with E-state index in [9.17, 15) is 4.79 Å². The zero-order chi connectivity index (χ0) is 16.5. The van der Waals surface area contributed by atoms with E-state index in [2.05, 4.69) is 35.4 Å². The third-order valence-corrected chi connectivity index (χ3v) is 4.90. The van der Waals surface area contributed by atoms with Crippen molar-refractivity contribution in [2.24, 2.45) is 0 Å². The Bertz CT molecular complexity index is 865. The van der Waals surface area contributed by atoms with Crippen molar-refractivity contribution >= 4 is 16.8 Å². The standard InChI is InChI=1S/C20H22N2O2/c1-13-5-4-7-16-19(13)15(12-22-16)9-10-21-20(23)18-11-14-6-2-3-8-17(14)24-18/h4-5,7,11-12,22H,2-3,6,8-10H2,1H3,(H,21,23). The van der Waals surface area contributed by atoms with E-state index in [0.717, 1.165) is 37.0 Å². The molecule has 0 saturated carbocycles. The summed E-state index contributed by atoms with van der Waals surface area (Å²) in [6, 6.07) is 8.17. The summed E-state index contributed by atoms with van der Waals surface area (Å²) in [6.07, 6.45) is 7.17. The van der Waals surface area contributed by atoms with Crippen molar-refractivity contribution in [1.29, 1.82) is 0 Å². The molecule has 3 aromatic rings. The van der Waals surface area contributed by atoms with Gasteiger partial charge in [0.2, 0.25) is 0 Å². The second-order valence-electron chi connectivity index (χ2n) is 6.58. The molecule has 1 aromatic carbocycles. The molecule has 0 radical (unpaired) electrons. The smallest absolute Gasteiger partial charge is 0.287 e. The fraction of sp³-hybridized carbons (Fsp3) is 0.350. The van der Waals surface area contributed by atoms with Gasteiger partial charge in [0.15, 0.2) is 5.76 Å². The number of carbonyl (C=O) groups excluding carboxylic acids is 1. The van der Waals surface area contributed by atoms with E-state index in [-0.39, 0.29) is 5.91 Å². The van der Waals surface area contributed by atoms with Gasteiger partial charge in [-0.2, -0.15) is 0 Å². The molecule has 0 fully saturated rings. The summed E-state index contributed by atoms with van der Waals surface area (Å²) in [5.41, 5.74) is 4.85. The van der Waals surface area contributed by atoms with Crippen molar-refractivity contribution < 1.29 is 9.21 Å². The number of amides is 1. The fourth-order valence-corrected chi connectivity index (χ4v) is 3.65. The van der Waals surface area contributed by atoms with Crippen molar-refractivity contribution in [3.63, 3.8) is 0 Å². The zero-order valence-corrected chi connectivity index (χ0v) is 13.9. The molecule has 2 heterocycles. The number of rotatable bonds is 4. The largest absolute Gasteiger partial charge is 0.456 e. The highest BCUT2D eigenvalue weighted by Gasteiger charge is 2.19. The maximum absolute atomic E-state index is 12.3. The number of aromatic amines is 1. The van der Waals surface area contributed by atoms with Crippen molar-refractivity contribution in [2.45, 2.75) is 39.0 Å². The molecule has 0 atom stereocenters. The summed E-state index contributed by atoms with van der Waals surface area (Å²) in [4.78, 5) is 15.6. The molecule has 0 spiro atoms. The molecule has 124 valence electrons. The van der Waals surface area contributed by atoms with E-state index < -0.39 is 0 Å². The number of H-pyrrole nitrogens is 1. The third kappa shape index (κ3) is 2.73. The van der Waals surface area contributed by atoms with Gasteiger partial charge in [0, 0.05) is 30.1 Å². The molecule has 0 bridgehead atoms. The summed E-state index contributed by atoms with van der Waals surface area (Å²) >= 11 is 0. The van der Waals surface area contributed by atoms with E-state index in [1.807, 2.05) is 12.3 Å². The molecule has 4 heteroatoms. The predicted octanol–water partition coefficient (Wildman–Crippen LogP) is 3.92. The number of benzene rings is 1. The molecular weight excluding hydrogens is 300 g/mol. The maximum atomic E-state index is 12.3. The van der Waals surface area contributed by atoms with Crippen molar-refractivity contribution in [1.82, 2.24) is 10.3 Å². The van der Waals surface area contributed by atoms with Crippen LogP contribution >= 0.6 is 0 Å². The number of aryl methyl sites for hydroxylation is 3. The number of hydrogen-bond acceptors (Lipinski definition) is 2. The number of furan rings is 1. The normalized spacial score (nSPS) is 13.9. The van der Waals surface area contributed by atoms with Crippen LogP contribution in [0, 0.1) is 6.92 Å². The average molecular weight is 322 g/mol. The van der Waals surface area contributed by atoms with Crippen LogP contribution in [0.25, 0.3) is 10.9 Å². The lowest BCUT2D eigenvalue weighted by Crippen LogP contribution is -2.25. The molecule has 4 nitrogen and oxygen atoms in total. The minimum atomic E-state index is -0.110. The van der Waals surface area contributed by atoms with E-state index >= 15 is 0 Å². The Morgan fingerprint density at radius 1 is 1.29 bits per heavy atom. The fourth-order valence-electron chi connectivity index (χ4n) is 3.65. The lowest BCUT2D eigenvalue weighted by molar-refractivity contribution is 0.0924. The van der Waals surface area contributed by atoms with E-state index in [1.54, 1.807) is 0 Å². The molecular formula is C20H22N2O2. The Balaban J connectivity index is 1.41. The van der Waals surface area contributed by atoms with Gasteiger partial charge in [0.1, 0.15) is 5.76 Å². The molecule has 0 saturated heterocycles. The number of nitrogens with one attached hydrogen (secondary N) is 2. The Labute approximate surface area is 141 Å². The first-order valence-corrected chi connectivity index (χ1v) is 8.68. The molecule has 0 aliphatic heterocycles. The first-order chi connectivity index (χ1) is 11.7. The summed E-state index contributed by atoms with van der Waals surface area (Å²) in [5.74, 6) is 1.34. The van der Waals surface area contributed by atoms with Gasteiger partial charge < -0.3 is 14.7 Å². The number of aromatic nitrogens is 1. The zero-order valence-electron chi connectivity index (χ0n) is 13.9. The molecule has 2 aromatic heterocycles. The second-order valence-corrected chi connectivity index (χ2v) is 6.58. The van der Waals surface area contributed by atoms with Crippen molar-refractivity contribution in [3.05, 3.63) is 58.7 Å². The first kappa shape index (κ1) is 15.1. The van der Waals surface area contributed by atoms with Gasteiger partial charge in [-0.1, -0.05) is 12.1 Å². The Morgan fingerprint density at radius 2 is 2.17 bits per heavy atom. The molecule has 4 rings (SSSR count). The maximum Gasteiger partial charge on any atom is 0.287 e. The van der Waals surface area contributed by atoms with Gasteiger partial charge in [-0.25, -0.2) is 0 Å². The summed E-state index contributed by atoms with van der Waals surface area (Å²) in [7, 11) is 0. The van der Waals surface area contributed by atoms with Crippen LogP contribution in [-0.4, -0.2) is 17.4 Å². The lowest BCUT2D eigenvalue weighted by Gasteiger charge is -2.07. The number of hydrogen-bond donors (Lipinski definition) is 2. The van der Waals surface area contributed by atoms with Gasteiger partial charge in [-0.05, 0) is 61.4 Å². The third-order valence-electron chi connectivity index (χ3n) is 4.90. The van der Waals surface area contributed by atoms with Gasteiger partial charge in [-0.3, -0.25) is 4.79 Å². The van der Waals surface area contributed by atoms with Gasteiger partial charge >= 0.3 is 0 Å². The van der Waals surface area contributed by atoms with E-state index in [1.165, 1.54) is 28.5 Å². The molecule has 24 heavy (non-hydrogen) atoms. The van der Waals surface area contributed by atoms with Gasteiger partial charge in [-0.15, -0.1) is 0 Å². The van der Waals surface area contributed by atoms with Crippen LogP contribution in [0.2, 0.25) is 0 Å². The van der Waals surface area contributed by atoms with Crippen LogP contribution in [-0.2, 0) is 19.3 Å². The first-order valence-electron chi connectivity index (χ1n) is 8.68. The quantitative estimate of drug-likeness (QED) is 0.765. The molecule has 0 unspecified atom stereocenters. The predicted molar refractivity (Wildman–Crippen MR) is 94.4 cm³/mol. The monoisotopic (exact) mass is 322 g/mol.